The quantitative estimate of drug-likeness (QED) is 0.0996. The Kier molecular flexibility index (Phi) is 7.78. The monoisotopic (exact) mass is 608 g/mol. The summed E-state index contributed by atoms with van der Waals surface area (Å²) in [4.78, 5) is 58.9. The lowest BCUT2D eigenvalue weighted by molar-refractivity contribution is -0.122. The maximum absolute atomic E-state index is 13.5. The summed E-state index contributed by atoms with van der Waals surface area (Å²) in [6.07, 6.45) is 3.46. The van der Waals surface area contributed by atoms with E-state index in [9.17, 15) is 19.2 Å². The molecule has 9 heteroatoms. The van der Waals surface area contributed by atoms with Gasteiger partial charge in [-0.05, 0) is 67.8 Å². The Bertz CT molecular complexity index is 1830. The molecule has 1 aromatic heterocycles. The molecule has 2 aliphatic rings. The maximum atomic E-state index is 13.5. The first-order valence-corrected chi connectivity index (χ1v) is 14.7. The number of benzene rings is 3. The first-order valence-electron chi connectivity index (χ1n) is 14.3. The average molecular weight is 609 g/mol. The predicted molar refractivity (Wildman–Crippen MR) is 167 cm³/mol. The average Bonchev–Trinajstić information content (AvgIpc) is 3.30. The van der Waals surface area contributed by atoms with Crippen molar-refractivity contribution >= 4 is 51.8 Å². The second kappa shape index (κ2) is 11.7. The molecule has 2 heterocycles. The fourth-order valence-corrected chi connectivity index (χ4v) is 6.20. The smallest absolute Gasteiger partial charge is 0.339 e. The Labute approximate surface area is 259 Å². The van der Waals surface area contributed by atoms with E-state index < -0.39 is 12.1 Å². The van der Waals surface area contributed by atoms with Crippen LogP contribution in [0.1, 0.15) is 41.0 Å². The third-order valence-corrected chi connectivity index (χ3v) is 8.64. The minimum atomic E-state index is -1.06. The molecule has 4 atom stereocenters. The van der Waals surface area contributed by atoms with Crippen molar-refractivity contribution in [1.82, 2.24) is 4.98 Å². The molecular formula is C35H29ClN2O6. The third kappa shape index (κ3) is 5.15. The molecule has 222 valence electrons. The first-order chi connectivity index (χ1) is 21.2. The van der Waals surface area contributed by atoms with Crippen molar-refractivity contribution in [2.45, 2.75) is 26.4 Å². The number of nitrogens with zero attached hydrogens (tertiary/aromatic N) is 2. The summed E-state index contributed by atoms with van der Waals surface area (Å²) < 4.78 is 10.8. The maximum Gasteiger partial charge on any atom is 0.339 e. The number of Topliss-reactive ketones (excluding diaryl/α,β-unsaturated/α-hetero) is 1. The lowest BCUT2D eigenvalue weighted by atomic mass is 9.78. The molecule has 2 amide bonds. The molecule has 0 saturated carbocycles. The van der Waals surface area contributed by atoms with E-state index >= 15 is 0 Å². The molecule has 1 aliphatic heterocycles. The largest absolute Gasteiger partial charge is 0.497 e. The number of amides is 2. The van der Waals surface area contributed by atoms with E-state index in [4.69, 9.17) is 26.1 Å². The van der Waals surface area contributed by atoms with Gasteiger partial charge in [-0.3, -0.25) is 19.3 Å². The van der Waals surface area contributed by atoms with Gasteiger partial charge in [0.25, 0.3) is 0 Å². The number of carbonyl (C=O) groups excluding carboxylic acids is 4. The fraction of sp³-hybridized carbons (Fsp3) is 0.229. The van der Waals surface area contributed by atoms with Gasteiger partial charge in [0, 0.05) is 16.5 Å². The van der Waals surface area contributed by atoms with E-state index in [2.05, 4.69) is 0 Å². The lowest BCUT2D eigenvalue weighted by Crippen LogP contribution is -2.31. The van der Waals surface area contributed by atoms with Crippen molar-refractivity contribution in [2.24, 2.45) is 17.8 Å². The van der Waals surface area contributed by atoms with E-state index in [1.54, 1.807) is 72.8 Å². The Balaban J connectivity index is 1.29. The van der Waals surface area contributed by atoms with Crippen LogP contribution >= 0.6 is 11.6 Å². The number of methoxy groups -OCH3 is 1. The number of imide groups is 1. The number of pyridine rings is 1. The second-order valence-corrected chi connectivity index (χ2v) is 11.5. The molecular weight excluding hydrogens is 580 g/mol. The van der Waals surface area contributed by atoms with E-state index in [0.29, 0.717) is 50.6 Å². The lowest BCUT2D eigenvalue weighted by Gasteiger charge is -2.22. The number of carbonyl (C=O) groups is 4. The molecule has 0 bridgehead atoms. The minimum Gasteiger partial charge on any atom is -0.497 e. The number of halogens is 1. The van der Waals surface area contributed by atoms with Crippen LogP contribution in [0.25, 0.3) is 22.2 Å². The number of aromatic nitrogens is 1. The van der Waals surface area contributed by atoms with Crippen LogP contribution in [0.4, 0.5) is 5.69 Å². The highest BCUT2D eigenvalue weighted by Crippen LogP contribution is 2.41. The molecule has 1 fully saturated rings. The topological polar surface area (TPSA) is 103 Å². The molecule has 0 N–H and O–H groups in total. The van der Waals surface area contributed by atoms with Crippen LogP contribution in [0.3, 0.4) is 0 Å². The van der Waals surface area contributed by atoms with Gasteiger partial charge in [-0.25, -0.2) is 9.78 Å². The van der Waals surface area contributed by atoms with Crippen LogP contribution in [0.5, 0.6) is 5.75 Å². The standard InChI is InChI=1S/C35H29ClN2O6/c1-19-6-4-8-26-30(19)34(41)38(33(26)40)23-14-10-21(11-15-23)29-18-27(25-7-5-9-28(36)31(25)37-29)35(42)44-20(2)32(39)22-12-16-24(43-3)17-13-22/h4-7,9-20,26,30H,8H2,1-3H3. The third-order valence-electron chi connectivity index (χ3n) is 8.33. The van der Waals surface area contributed by atoms with Crippen LogP contribution in [0.2, 0.25) is 5.02 Å². The molecule has 6 rings (SSSR count). The molecule has 4 unspecified atom stereocenters. The number of anilines is 1. The number of allylic oxidation sites excluding steroid dienone is 2. The van der Waals surface area contributed by atoms with Gasteiger partial charge in [0.05, 0.1) is 46.4 Å². The zero-order valence-corrected chi connectivity index (χ0v) is 25.1. The highest BCUT2D eigenvalue weighted by molar-refractivity contribution is 6.35. The number of esters is 1. The van der Waals surface area contributed by atoms with Gasteiger partial charge in [0.15, 0.2) is 6.10 Å². The second-order valence-electron chi connectivity index (χ2n) is 11.0. The minimum absolute atomic E-state index is 0.00609. The van der Waals surface area contributed by atoms with Gasteiger partial charge in [0.1, 0.15) is 5.75 Å². The molecule has 1 saturated heterocycles. The van der Waals surface area contributed by atoms with Crippen LogP contribution < -0.4 is 9.64 Å². The summed E-state index contributed by atoms with van der Waals surface area (Å²) >= 11 is 6.50. The van der Waals surface area contributed by atoms with Gasteiger partial charge in [-0.1, -0.05) is 54.9 Å². The Morgan fingerprint density at radius 1 is 1.00 bits per heavy atom. The number of ether oxygens (including phenoxy) is 2. The number of rotatable bonds is 7. The van der Waals surface area contributed by atoms with Crippen LogP contribution in [0, 0.1) is 17.8 Å². The van der Waals surface area contributed by atoms with E-state index in [1.165, 1.54) is 18.9 Å². The van der Waals surface area contributed by atoms with Crippen molar-refractivity contribution in [3.8, 4) is 17.0 Å². The van der Waals surface area contributed by atoms with Crippen molar-refractivity contribution in [2.75, 3.05) is 12.0 Å². The summed E-state index contributed by atoms with van der Waals surface area (Å²) in [5, 5.41) is 0.821. The number of para-hydroxylation sites is 1. The van der Waals surface area contributed by atoms with Crippen molar-refractivity contribution in [1.29, 1.82) is 0 Å². The Morgan fingerprint density at radius 2 is 1.73 bits per heavy atom. The molecule has 0 radical (unpaired) electrons. The van der Waals surface area contributed by atoms with Gasteiger partial charge in [-0.15, -0.1) is 0 Å². The number of ketones is 1. The molecule has 8 nitrogen and oxygen atoms in total. The van der Waals surface area contributed by atoms with E-state index in [-0.39, 0.29) is 40.9 Å². The molecule has 0 spiro atoms. The van der Waals surface area contributed by atoms with Gasteiger partial charge < -0.3 is 9.47 Å². The molecule has 44 heavy (non-hydrogen) atoms. The summed E-state index contributed by atoms with van der Waals surface area (Å²) in [5.41, 5.74) is 2.53. The highest BCUT2D eigenvalue weighted by Gasteiger charge is 2.50. The molecule has 3 aromatic carbocycles. The van der Waals surface area contributed by atoms with E-state index in [1.807, 2.05) is 19.1 Å². The van der Waals surface area contributed by atoms with Crippen LogP contribution in [-0.4, -0.2) is 41.8 Å². The Morgan fingerprint density at radius 3 is 2.41 bits per heavy atom. The van der Waals surface area contributed by atoms with Gasteiger partial charge in [0.2, 0.25) is 17.6 Å². The van der Waals surface area contributed by atoms with Gasteiger partial charge in [-0.2, -0.15) is 0 Å². The number of hydrogen-bond acceptors (Lipinski definition) is 7. The van der Waals surface area contributed by atoms with E-state index in [0.717, 1.165) is 0 Å². The number of hydrogen-bond donors (Lipinski definition) is 0. The van der Waals surface area contributed by atoms with Crippen molar-refractivity contribution < 1.29 is 28.7 Å². The van der Waals surface area contributed by atoms with Crippen molar-refractivity contribution in [3.63, 3.8) is 0 Å². The highest BCUT2D eigenvalue weighted by atomic mass is 35.5. The molecule has 4 aromatic rings. The molecule has 1 aliphatic carbocycles. The first kappa shape index (κ1) is 29.3. The summed E-state index contributed by atoms with van der Waals surface area (Å²) in [5.74, 6) is -1.55. The zero-order chi connectivity index (χ0) is 31.1. The Hall–Kier alpha value is -4.82. The SMILES string of the molecule is COc1ccc(C(=O)C(C)OC(=O)c2cc(-c3ccc(N4C(=O)C5CC=CC(C)C5C4=O)cc3)nc3c(Cl)cccc23)cc1. The van der Waals surface area contributed by atoms with Crippen LogP contribution in [-0.2, 0) is 14.3 Å². The predicted octanol–water partition coefficient (Wildman–Crippen LogP) is 6.69. The van der Waals surface area contributed by atoms with Gasteiger partial charge >= 0.3 is 5.97 Å². The van der Waals surface area contributed by atoms with Crippen molar-refractivity contribution in [3.05, 3.63) is 101 Å². The van der Waals surface area contributed by atoms with Crippen LogP contribution in [0.15, 0.2) is 84.9 Å². The zero-order valence-electron chi connectivity index (χ0n) is 24.3. The summed E-state index contributed by atoms with van der Waals surface area (Å²) in [6.45, 7) is 3.48. The summed E-state index contributed by atoms with van der Waals surface area (Å²) in [6, 6.07) is 20.1. The normalized spacial score (nSPS) is 20.0. The number of fused-ring (bicyclic) bond motifs is 2. The summed E-state index contributed by atoms with van der Waals surface area (Å²) in [7, 11) is 1.54. The fourth-order valence-electron chi connectivity index (χ4n) is 5.98.